The van der Waals surface area contributed by atoms with E-state index < -0.39 is 11.9 Å². The normalized spacial score (nSPS) is 17.9. The van der Waals surface area contributed by atoms with E-state index in [-0.39, 0.29) is 36.1 Å². The van der Waals surface area contributed by atoms with Gasteiger partial charge in [-0.2, -0.15) is 0 Å². The van der Waals surface area contributed by atoms with Crippen molar-refractivity contribution in [1.29, 1.82) is 0 Å². The zero-order valence-electron chi connectivity index (χ0n) is 41.6. The number of benzene rings is 8. The van der Waals surface area contributed by atoms with Crippen LogP contribution in [0.2, 0.25) is 0 Å². The molecule has 10 heteroatoms. The first kappa shape index (κ1) is 48.0. The van der Waals surface area contributed by atoms with Gasteiger partial charge in [0.2, 0.25) is 0 Å². The predicted octanol–water partition coefficient (Wildman–Crippen LogP) is 12.5. The van der Waals surface area contributed by atoms with Gasteiger partial charge in [0.05, 0.1) is 28.4 Å². The van der Waals surface area contributed by atoms with Crippen molar-refractivity contribution in [2.75, 3.05) is 41.5 Å². The van der Waals surface area contributed by atoms with Crippen LogP contribution < -0.4 is 29.6 Å². The Morgan fingerprint density at radius 3 is 1.64 bits per heavy atom. The summed E-state index contributed by atoms with van der Waals surface area (Å²) in [5.74, 6) is 1.58. The van der Waals surface area contributed by atoms with Gasteiger partial charge in [0.15, 0.2) is 0 Å². The minimum Gasteiger partial charge on any atom is -0.496 e. The third kappa shape index (κ3) is 9.24. The molecule has 10 nitrogen and oxygen atoms in total. The highest BCUT2D eigenvalue weighted by molar-refractivity contribution is 5.99. The second-order valence-corrected chi connectivity index (χ2v) is 18.8. The zero-order valence-corrected chi connectivity index (χ0v) is 41.6. The lowest BCUT2D eigenvalue weighted by atomic mass is 9.82. The van der Waals surface area contributed by atoms with Crippen LogP contribution in [0.4, 0.5) is 0 Å². The van der Waals surface area contributed by atoms with E-state index in [0.717, 1.165) is 55.7 Å². The second kappa shape index (κ2) is 21.0. The smallest absolute Gasteiger partial charge is 0.341 e. The minimum atomic E-state index is -0.444. The number of hydrogen-bond acceptors (Lipinski definition) is 10. The average Bonchev–Trinajstić information content (AvgIpc) is 3.43. The van der Waals surface area contributed by atoms with Crippen LogP contribution in [0.15, 0.2) is 158 Å². The fraction of sp³-hybridized carbons (Fsp3) is 0.258. The minimum absolute atomic E-state index is 0.0201. The van der Waals surface area contributed by atoms with Crippen LogP contribution >= 0.6 is 0 Å². The van der Waals surface area contributed by atoms with Crippen LogP contribution in [-0.4, -0.2) is 65.7 Å². The van der Waals surface area contributed by atoms with Crippen LogP contribution in [0.1, 0.15) is 105 Å². The van der Waals surface area contributed by atoms with Crippen LogP contribution in [0, 0.1) is 0 Å². The lowest BCUT2D eigenvalue weighted by Crippen LogP contribution is -2.37. The molecule has 8 aromatic rings. The fourth-order valence-corrected chi connectivity index (χ4v) is 11.1. The van der Waals surface area contributed by atoms with Gasteiger partial charge in [-0.15, -0.1) is 0 Å². The molecule has 0 aromatic heterocycles. The first-order valence-corrected chi connectivity index (χ1v) is 24.7. The molecular weight excluding hydrogens is 901 g/mol. The summed E-state index contributed by atoms with van der Waals surface area (Å²) in [7, 11) is 5.98. The monoisotopic (exact) mass is 960 g/mol. The number of fused-ring (bicyclic) bond motifs is 4. The average molecular weight is 961 g/mol. The first-order valence-electron chi connectivity index (χ1n) is 24.7. The molecule has 0 amide bonds. The number of carbonyl (C=O) groups is 2. The van der Waals surface area contributed by atoms with Gasteiger partial charge < -0.3 is 39.1 Å². The number of ether oxygens (including phenoxy) is 6. The van der Waals surface area contributed by atoms with Crippen LogP contribution in [-0.2, 0) is 9.47 Å². The standard InChI is InChI=1S/C62H60N2O8/c1-37(43-20-11-17-39-16-7-8-18-45(39)43)63-36-42-34-56(52-26-15-28-54(60(52)68-4)62(66)70-6)50-31-30-40(32-58(50)72-42)46-22-13-23-47-44(21-12-24-48(46)47)38(2)64-35-41-33-55(49-19-9-10-29-57(49)71-41)51-25-14-27-53(59(51)67-3)61(65)69-5/h7-32,37-38,41-42,55-56,63-64H,33-36H2,1-6H3. The number of esters is 2. The number of methoxy groups -OCH3 is 4. The van der Waals surface area contributed by atoms with Gasteiger partial charge in [-0.05, 0) is 94.8 Å². The molecule has 0 aliphatic carbocycles. The van der Waals surface area contributed by atoms with Gasteiger partial charge in [-0.3, -0.25) is 0 Å². The maximum absolute atomic E-state index is 13.0. The van der Waals surface area contributed by atoms with Crippen LogP contribution in [0.5, 0.6) is 23.0 Å². The molecule has 2 heterocycles. The van der Waals surface area contributed by atoms with Crippen molar-refractivity contribution in [2.24, 2.45) is 0 Å². The van der Waals surface area contributed by atoms with Crippen molar-refractivity contribution in [1.82, 2.24) is 10.6 Å². The summed E-state index contributed by atoms with van der Waals surface area (Å²) in [4.78, 5) is 25.8. The van der Waals surface area contributed by atoms with Crippen LogP contribution in [0.3, 0.4) is 0 Å². The summed E-state index contributed by atoms with van der Waals surface area (Å²) in [6.45, 7) is 5.59. The van der Waals surface area contributed by atoms with Crippen molar-refractivity contribution in [3.05, 3.63) is 202 Å². The van der Waals surface area contributed by atoms with Crippen molar-refractivity contribution in [3.8, 4) is 34.1 Å². The Morgan fingerprint density at radius 1 is 0.514 bits per heavy atom. The number of rotatable bonds is 15. The highest BCUT2D eigenvalue weighted by atomic mass is 16.5. The summed E-state index contributed by atoms with van der Waals surface area (Å²) in [6.07, 6.45) is 0.993. The van der Waals surface area contributed by atoms with E-state index in [0.29, 0.717) is 48.6 Å². The van der Waals surface area contributed by atoms with E-state index in [2.05, 4.69) is 128 Å². The van der Waals surface area contributed by atoms with E-state index in [1.54, 1.807) is 26.4 Å². The Morgan fingerprint density at radius 2 is 1.00 bits per heavy atom. The molecule has 6 atom stereocenters. The molecule has 0 saturated heterocycles. The molecule has 2 N–H and O–H groups in total. The van der Waals surface area contributed by atoms with E-state index in [1.165, 1.54) is 36.1 Å². The summed E-state index contributed by atoms with van der Waals surface area (Å²) in [5.41, 5.74) is 9.24. The molecule has 0 bridgehead atoms. The molecule has 0 radical (unpaired) electrons. The van der Waals surface area contributed by atoms with Crippen molar-refractivity contribution >= 4 is 33.5 Å². The van der Waals surface area contributed by atoms with E-state index >= 15 is 0 Å². The van der Waals surface area contributed by atoms with Gasteiger partial charge in [0.25, 0.3) is 0 Å². The number of para-hydroxylation sites is 3. The molecular formula is C62H60N2O8. The van der Waals surface area contributed by atoms with Gasteiger partial charge in [0.1, 0.15) is 46.3 Å². The summed E-state index contributed by atoms with van der Waals surface area (Å²) in [5, 5.41) is 12.4. The topological polar surface area (TPSA) is 114 Å². The van der Waals surface area contributed by atoms with Gasteiger partial charge in [-0.25, -0.2) is 9.59 Å². The van der Waals surface area contributed by atoms with Gasteiger partial charge in [0, 0.05) is 59.3 Å². The first-order chi connectivity index (χ1) is 35.2. The molecule has 10 rings (SSSR count). The molecule has 6 unspecified atom stereocenters. The molecule has 366 valence electrons. The largest absolute Gasteiger partial charge is 0.496 e. The van der Waals surface area contributed by atoms with Gasteiger partial charge >= 0.3 is 11.9 Å². The number of carbonyl (C=O) groups excluding carboxylic acids is 2. The third-order valence-corrected chi connectivity index (χ3v) is 14.7. The Labute approximate surface area is 421 Å². The lowest BCUT2D eigenvalue weighted by molar-refractivity contribution is 0.0587. The van der Waals surface area contributed by atoms with E-state index in [9.17, 15) is 9.59 Å². The molecule has 2 aliphatic heterocycles. The highest BCUT2D eigenvalue weighted by Crippen LogP contribution is 2.48. The quantitative estimate of drug-likeness (QED) is 0.0963. The fourth-order valence-electron chi connectivity index (χ4n) is 11.1. The van der Waals surface area contributed by atoms with Crippen molar-refractivity contribution in [2.45, 2.75) is 62.8 Å². The Kier molecular flexibility index (Phi) is 14.0. The molecule has 72 heavy (non-hydrogen) atoms. The number of nitrogens with one attached hydrogen (secondary N) is 2. The third-order valence-electron chi connectivity index (χ3n) is 14.7. The molecule has 0 saturated carbocycles. The van der Waals surface area contributed by atoms with E-state index in [4.69, 9.17) is 28.4 Å². The molecule has 0 fully saturated rings. The molecule has 8 aromatic carbocycles. The van der Waals surface area contributed by atoms with E-state index in [1.807, 2.05) is 42.5 Å². The summed E-state index contributed by atoms with van der Waals surface area (Å²) in [6, 6.07) is 54.0. The maximum atomic E-state index is 13.0. The second-order valence-electron chi connectivity index (χ2n) is 18.8. The lowest BCUT2D eigenvalue weighted by Gasteiger charge is -2.34. The summed E-state index contributed by atoms with van der Waals surface area (Å²) < 4.78 is 35.8. The predicted molar refractivity (Wildman–Crippen MR) is 283 cm³/mol. The highest BCUT2D eigenvalue weighted by Gasteiger charge is 2.35. The Balaban J connectivity index is 0.934. The van der Waals surface area contributed by atoms with Gasteiger partial charge in [-0.1, -0.05) is 133 Å². The number of hydrogen-bond donors (Lipinski definition) is 2. The zero-order chi connectivity index (χ0) is 49.9. The maximum Gasteiger partial charge on any atom is 0.341 e. The SMILES string of the molecule is COC(=O)c1cccc(C2CC(CNC(C)c3cccc4ccccc34)Oc3cc(-c4cccc5c(C(C)NCC6CC(c7cccc(C(=O)OC)c7OC)c7ccccc7O6)cccc45)ccc32)c1OC. The van der Waals surface area contributed by atoms with Crippen molar-refractivity contribution in [3.63, 3.8) is 0 Å². The van der Waals surface area contributed by atoms with Crippen molar-refractivity contribution < 1.29 is 38.0 Å². The summed E-state index contributed by atoms with van der Waals surface area (Å²) >= 11 is 0. The Hall–Kier alpha value is -7.66. The molecule has 2 aliphatic rings. The molecule has 0 spiro atoms. The Bertz CT molecular complexity index is 3290. The van der Waals surface area contributed by atoms with Crippen LogP contribution in [0.25, 0.3) is 32.7 Å².